The van der Waals surface area contributed by atoms with Gasteiger partial charge in [-0.3, -0.25) is 0 Å². The number of methoxy groups -OCH3 is 1. The molecule has 1 N–H and O–H groups in total. The molecule has 0 saturated heterocycles. The van der Waals surface area contributed by atoms with Crippen molar-refractivity contribution in [1.82, 2.24) is 4.31 Å². The van der Waals surface area contributed by atoms with Gasteiger partial charge in [-0.15, -0.1) is 0 Å². The second-order valence-electron chi connectivity index (χ2n) is 5.57. The average Bonchev–Trinajstić information content (AvgIpc) is 2.55. The highest BCUT2D eigenvalue weighted by Crippen LogP contribution is 2.30. The molecule has 0 heterocycles. The lowest BCUT2D eigenvalue weighted by Gasteiger charge is -2.19. The number of nitrogens with zero attached hydrogens (tertiary/aromatic N) is 1. The minimum Gasteiger partial charge on any atom is -0.495 e. The van der Waals surface area contributed by atoms with Gasteiger partial charge in [-0.25, -0.2) is 17.1 Å². The first-order valence-corrected chi connectivity index (χ1v) is 8.82. The van der Waals surface area contributed by atoms with E-state index in [1.54, 1.807) is 24.3 Å². The predicted molar refractivity (Wildman–Crippen MR) is 92.3 cm³/mol. The van der Waals surface area contributed by atoms with Crippen molar-refractivity contribution in [2.24, 2.45) is 0 Å². The van der Waals surface area contributed by atoms with Gasteiger partial charge in [0.15, 0.2) is 0 Å². The van der Waals surface area contributed by atoms with Crippen molar-refractivity contribution in [3.63, 3.8) is 0 Å². The van der Waals surface area contributed by atoms with Crippen LogP contribution in [0.3, 0.4) is 0 Å². The molecule has 0 bridgehead atoms. The molecule has 0 aromatic heterocycles. The van der Waals surface area contributed by atoms with E-state index in [9.17, 15) is 12.8 Å². The number of halogens is 1. The lowest BCUT2D eigenvalue weighted by Crippen LogP contribution is -2.23. The Hall–Kier alpha value is -2.12. The van der Waals surface area contributed by atoms with Crippen LogP contribution < -0.4 is 10.1 Å². The van der Waals surface area contributed by atoms with Crippen LogP contribution in [0.25, 0.3) is 0 Å². The summed E-state index contributed by atoms with van der Waals surface area (Å²) in [7, 11) is 0.736. The third-order valence-corrected chi connectivity index (χ3v) is 5.51. The summed E-state index contributed by atoms with van der Waals surface area (Å²) in [6, 6.07) is 10.9. The summed E-state index contributed by atoms with van der Waals surface area (Å²) in [4.78, 5) is 0.0892. The number of sulfonamides is 1. The highest BCUT2D eigenvalue weighted by atomic mass is 32.2. The fourth-order valence-corrected chi connectivity index (χ4v) is 3.32. The van der Waals surface area contributed by atoms with E-state index in [2.05, 4.69) is 5.32 Å². The number of rotatable bonds is 6. The van der Waals surface area contributed by atoms with E-state index in [1.807, 2.05) is 6.92 Å². The zero-order valence-electron chi connectivity index (χ0n) is 14.1. The molecule has 0 fully saturated rings. The summed E-state index contributed by atoms with van der Waals surface area (Å²) in [5.74, 6) is -0.0153. The SMILES string of the molecule is COc1ccc(N[C@H](C)c2ccc(F)cc2)cc1S(=O)(=O)N(C)C. The highest BCUT2D eigenvalue weighted by molar-refractivity contribution is 7.89. The first-order valence-electron chi connectivity index (χ1n) is 7.38. The van der Waals surface area contributed by atoms with Gasteiger partial charge < -0.3 is 10.1 Å². The van der Waals surface area contributed by atoms with Crippen LogP contribution in [-0.2, 0) is 10.0 Å². The van der Waals surface area contributed by atoms with Gasteiger partial charge in [-0.05, 0) is 42.8 Å². The Morgan fingerprint density at radius 1 is 1.12 bits per heavy atom. The Morgan fingerprint density at radius 3 is 2.29 bits per heavy atom. The summed E-state index contributed by atoms with van der Waals surface area (Å²) in [5.41, 5.74) is 1.53. The molecule has 0 saturated carbocycles. The quantitative estimate of drug-likeness (QED) is 0.867. The second-order valence-corrected chi connectivity index (χ2v) is 7.69. The van der Waals surface area contributed by atoms with E-state index >= 15 is 0 Å². The molecule has 1 atom stereocenters. The minimum absolute atomic E-state index is 0.0892. The molecule has 2 aromatic rings. The first-order chi connectivity index (χ1) is 11.3. The average molecular weight is 352 g/mol. The normalized spacial score (nSPS) is 12.9. The third kappa shape index (κ3) is 3.85. The number of hydrogen-bond donors (Lipinski definition) is 1. The molecular formula is C17H21FN2O3S. The van der Waals surface area contributed by atoms with Crippen LogP contribution in [0.1, 0.15) is 18.5 Å². The van der Waals surface area contributed by atoms with E-state index in [0.717, 1.165) is 9.87 Å². The molecule has 0 unspecified atom stereocenters. The van der Waals surface area contributed by atoms with Crippen LogP contribution in [0.15, 0.2) is 47.4 Å². The van der Waals surface area contributed by atoms with Gasteiger partial charge >= 0.3 is 0 Å². The molecule has 0 amide bonds. The van der Waals surface area contributed by atoms with Crippen LogP contribution in [0.2, 0.25) is 0 Å². The molecule has 2 rings (SSSR count). The van der Waals surface area contributed by atoms with Crippen molar-refractivity contribution in [3.8, 4) is 5.75 Å². The van der Waals surface area contributed by atoms with Crippen molar-refractivity contribution < 1.29 is 17.5 Å². The molecule has 0 aliphatic heterocycles. The molecule has 2 aromatic carbocycles. The fraction of sp³-hybridized carbons (Fsp3) is 0.294. The van der Waals surface area contributed by atoms with Gasteiger partial charge in [0.2, 0.25) is 10.0 Å². The minimum atomic E-state index is -3.63. The number of benzene rings is 2. The zero-order chi connectivity index (χ0) is 17.9. The molecule has 130 valence electrons. The summed E-state index contributed by atoms with van der Waals surface area (Å²) >= 11 is 0. The highest BCUT2D eigenvalue weighted by Gasteiger charge is 2.23. The van der Waals surface area contributed by atoms with Crippen molar-refractivity contribution >= 4 is 15.7 Å². The maximum atomic E-state index is 13.0. The van der Waals surface area contributed by atoms with E-state index in [4.69, 9.17) is 4.74 Å². The van der Waals surface area contributed by atoms with E-state index in [1.165, 1.54) is 39.4 Å². The van der Waals surface area contributed by atoms with E-state index in [-0.39, 0.29) is 22.5 Å². The molecular weight excluding hydrogens is 331 g/mol. The molecule has 0 radical (unpaired) electrons. The Balaban J connectivity index is 2.33. The Kier molecular flexibility index (Phi) is 5.46. The second kappa shape index (κ2) is 7.19. The van der Waals surface area contributed by atoms with Gasteiger partial charge in [0.05, 0.1) is 7.11 Å². The monoisotopic (exact) mass is 352 g/mol. The molecule has 5 nitrogen and oxygen atoms in total. The van der Waals surface area contributed by atoms with E-state index < -0.39 is 10.0 Å². The van der Waals surface area contributed by atoms with Gasteiger partial charge in [-0.1, -0.05) is 12.1 Å². The van der Waals surface area contributed by atoms with Gasteiger partial charge in [0.25, 0.3) is 0 Å². The Labute approximate surface area is 142 Å². The fourth-order valence-electron chi connectivity index (χ4n) is 2.25. The number of hydrogen-bond acceptors (Lipinski definition) is 4. The topological polar surface area (TPSA) is 58.6 Å². The van der Waals surface area contributed by atoms with Gasteiger partial charge in [0.1, 0.15) is 16.5 Å². The van der Waals surface area contributed by atoms with Crippen LogP contribution in [0.4, 0.5) is 10.1 Å². The molecule has 0 aliphatic carbocycles. The smallest absolute Gasteiger partial charge is 0.246 e. The third-order valence-electron chi connectivity index (χ3n) is 3.68. The van der Waals surface area contributed by atoms with Gasteiger partial charge in [-0.2, -0.15) is 0 Å². The predicted octanol–water partition coefficient (Wildman–Crippen LogP) is 3.26. The maximum Gasteiger partial charge on any atom is 0.246 e. The van der Waals surface area contributed by atoms with Crippen LogP contribution in [0.5, 0.6) is 5.75 Å². The van der Waals surface area contributed by atoms with E-state index in [0.29, 0.717) is 5.69 Å². The summed E-state index contributed by atoms with van der Waals surface area (Å²) in [5, 5.41) is 3.22. The Bertz CT molecular complexity index is 805. The molecule has 0 spiro atoms. The van der Waals surface area contributed by atoms with Crippen LogP contribution in [-0.4, -0.2) is 33.9 Å². The van der Waals surface area contributed by atoms with Crippen molar-refractivity contribution in [2.45, 2.75) is 17.9 Å². The standard InChI is InChI=1S/C17H21FN2O3S/c1-12(13-5-7-14(18)8-6-13)19-15-9-10-16(23-4)17(11-15)24(21,22)20(2)3/h5-12,19H,1-4H3/t12-/m1/s1. The Morgan fingerprint density at radius 2 is 1.75 bits per heavy atom. The maximum absolute atomic E-state index is 13.0. The summed E-state index contributed by atoms with van der Waals surface area (Å²) < 4.78 is 44.2. The molecule has 24 heavy (non-hydrogen) atoms. The lowest BCUT2D eigenvalue weighted by molar-refractivity contribution is 0.400. The number of anilines is 1. The zero-order valence-corrected chi connectivity index (χ0v) is 14.9. The van der Waals surface area contributed by atoms with Crippen molar-refractivity contribution in [1.29, 1.82) is 0 Å². The first kappa shape index (κ1) is 18.2. The summed E-state index contributed by atoms with van der Waals surface area (Å²) in [6.07, 6.45) is 0. The molecule has 0 aliphatic rings. The van der Waals surface area contributed by atoms with Gasteiger partial charge in [0, 0.05) is 25.8 Å². The summed E-state index contributed by atoms with van der Waals surface area (Å²) in [6.45, 7) is 1.91. The number of ether oxygens (including phenoxy) is 1. The lowest BCUT2D eigenvalue weighted by atomic mass is 10.1. The van der Waals surface area contributed by atoms with Crippen molar-refractivity contribution in [2.75, 3.05) is 26.5 Å². The van der Waals surface area contributed by atoms with Crippen LogP contribution in [0, 0.1) is 5.82 Å². The molecule has 7 heteroatoms. The number of nitrogens with one attached hydrogen (secondary N) is 1. The van der Waals surface area contributed by atoms with Crippen molar-refractivity contribution in [3.05, 3.63) is 53.8 Å². The largest absolute Gasteiger partial charge is 0.495 e. The van der Waals surface area contributed by atoms with Crippen LogP contribution >= 0.6 is 0 Å².